The molecule has 2 aliphatic heterocycles. The summed E-state index contributed by atoms with van der Waals surface area (Å²) in [7, 11) is -3.40. The van der Waals surface area contributed by atoms with Crippen LogP contribution in [0.2, 0.25) is 0 Å². The second kappa shape index (κ2) is 8.66. The second-order valence-electron chi connectivity index (χ2n) is 8.09. The van der Waals surface area contributed by atoms with Gasteiger partial charge in [-0.3, -0.25) is 0 Å². The van der Waals surface area contributed by atoms with Crippen LogP contribution in [0.1, 0.15) is 37.9 Å². The molecule has 3 heterocycles. The smallest absolute Gasteiger partial charge is 0.228 e. The molecule has 0 spiro atoms. The third-order valence-corrected chi connectivity index (χ3v) is 7.73. The molecule has 0 saturated carbocycles. The van der Waals surface area contributed by atoms with Gasteiger partial charge in [-0.2, -0.15) is 9.29 Å². The van der Waals surface area contributed by atoms with Crippen LogP contribution in [-0.4, -0.2) is 48.1 Å². The van der Waals surface area contributed by atoms with E-state index in [1.54, 1.807) is 6.92 Å². The van der Waals surface area contributed by atoms with Crippen molar-refractivity contribution in [2.75, 3.05) is 30.3 Å². The fraction of sp³-hybridized carbons (Fsp3) is 0.524. The predicted octanol–water partition coefficient (Wildman–Crippen LogP) is 3.49. The van der Waals surface area contributed by atoms with E-state index in [9.17, 15) is 17.2 Å². The van der Waals surface area contributed by atoms with Gasteiger partial charge in [-0.05, 0) is 37.8 Å². The summed E-state index contributed by atoms with van der Waals surface area (Å²) in [6, 6.07) is 3.26. The molecule has 1 saturated heterocycles. The van der Waals surface area contributed by atoms with Crippen molar-refractivity contribution in [2.45, 2.75) is 39.7 Å². The number of piperidine rings is 1. The van der Waals surface area contributed by atoms with Gasteiger partial charge in [0.1, 0.15) is 5.75 Å². The van der Waals surface area contributed by atoms with Crippen molar-refractivity contribution >= 4 is 16.0 Å². The van der Waals surface area contributed by atoms with Crippen molar-refractivity contribution in [3.63, 3.8) is 0 Å². The Hall–Kier alpha value is -2.33. The molecule has 0 N–H and O–H groups in total. The van der Waals surface area contributed by atoms with Crippen LogP contribution in [0, 0.1) is 17.6 Å². The molecule has 0 atom stereocenters. The molecule has 1 aromatic carbocycles. The second-order valence-corrected chi connectivity index (χ2v) is 10.3. The van der Waals surface area contributed by atoms with Crippen molar-refractivity contribution in [2.24, 2.45) is 5.92 Å². The van der Waals surface area contributed by atoms with Crippen LogP contribution in [0.5, 0.6) is 11.6 Å². The van der Waals surface area contributed by atoms with Crippen molar-refractivity contribution in [1.29, 1.82) is 0 Å². The number of hydrogen-bond donors (Lipinski definition) is 0. The van der Waals surface area contributed by atoms with Crippen LogP contribution >= 0.6 is 0 Å². The largest absolute Gasteiger partial charge is 0.438 e. The maximum absolute atomic E-state index is 13.7. The highest BCUT2D eigenvalue weighted by atomic mass is 32.2. The number of hydrogen-bond acceptors (Lipinski definition) is 6. The third kappa shape index (κ3) is 4.64. The Morgan fingerprint density at radius 3 is 2.55 bits per heavy atom. The number of halogens is 2. The fourth-order valence-electron chi connectivity index (χ4n) is 3.85. The summed E-state index contributed by atoms with van der Waals surface area (Å²) < 4.78 is 59.1. The van der Waals surface area contributed by atoms with E-state index < -0.39 is 21.7 Å². The van der Waals surface area contributed by atoms with Gasteiger partial charge in [0.15, 0.2) is 11.6 Å². The molecule has 1 fully saturated rings. The van der Waals surface area contributed by atoms with Gasteiger partial charge in [-0.15, -0.1) is 0 Å². The van der Waals surface area contributed by atoms with E-state index in [1.807, 2.05) is 0 Å². The van der Waals surface area contributed by atoms with E-state index in [0.717, 1.165) is 43.8 Å². The molecule has 2 aromatic rings. The first-order valence-electron chi connectivity index (χ1n) is 10.5. The van der Waals surface area contributed by atoms with Crippen LogP contribution in [0.25, 0.3) is 0 Å². The van der Waals surface area contributed by atoms with Crippen LogP contribution < -0.4 is 9.64 Å². The Morgan fingerprint density at radius 1 is 1.13 bits per heavy atom. The molecule has 1 aromatic heterocycles. The third-order valence-electron chi connectivity index (χ3n) is 5.91. The highest BCUT2D eigenvalue weighted by molar-refractivity contribution is 7.89. The molecular weight excluding hydrogens is 426 g/mol. The number of benzene rings is 1. The van der Waals surface area contributed by atoms with Crippen LogP contribution in [0.3, 0.4) is 0 Å². The van der Waals surface area contributed by atoms with Gasteiger partial charge in [0.25, 0.3) is 0 Å². The summed E-state index contributed by atoms with van der Waals surface area (Å²) in [6.07, 6.45) is 2.49. The van der Waals surface area contributed by atoms with E-state index in [0.29, 0.717) is 30.4 Å². The van der Waals surface area contributed by atoms with E-state index in [2.05, 4.69) is 16.8 Å². The number of rotatable bonds is 5. The highest BCUT2D eigenvalue weighted by Crippen LogP contribution is 2.33. The van der Waals surface area contributed by atoms with Gasteiger partial charge in [0, 0.05) is 38.7 Å². The molecule has 0 unspecified atom stereocenters. The zero-order chi connectivity index (χ0) is 22.2. The maximum Gasteiger partial charge on any atom is 0.228 e. The molecule has 4 rings (SSSR count). The Bertz CT molecular complexity index is 1070. The number of anilines is 1. The van der Waals surface area contributed by atoms with Gasteiger partial charge in [0.05, 0.1) is 17.0 Å². The van der Waals surface area contributed by atoms with Gasteiger partial charge in [-0.1, -0.05) is 6.92 Å². The Morgan fingerprint density at radius 2 is 1.87 bits per heavy atom. The van der Waals surface area contributed by atoms with Gasteiger partial charge in [0.2, 0.25) is 21.9 Å². The summed E-state index contributed by atoms with van der Waals surface area (Å²) in [5.74, 6) is -0.572. The van der Waals surface area contributed by atoms with Crippen LogP contribution in [0.15, 0.2) is 18.2 Å². The highest BCUT2D eigenvalue weighted by Gasteiger charge is 2.31. The minimum Gasteiger partial charge on any atom is -0.438 e. The molecule has 0 amide bonds. The summed E-state index contributed by atoms with van der Waals surface area (Å²) >= 11 is 0. The molecule has 0 aliphatic carbocycles. The van der Waals surface area contributed by atoms with Crippen molar-refractivity contribution in [3.05, 3.63) is 41.1 Å². The molecule has 168 valence electrons. The number of fused-ring (bicyclic) bond motifs is 1. The summed E-state index contributed by atoms with van der Waals surface area (Å²) in [6.45, 7) is 5.87. The summed E-state index contributed by atoms with van der Waals surface area (Å²) in [5, 5.41) is 0. The zero-order valence-electron chi connectivity index (χ0n) is 17.6. The molecule has 7 nitrogen and oxygen atoms in total. The lowest BCUT2D eigenvalue weighted by molar-refractivity contribution is 0.367. The van der Waals surface area contributed by atoms with Crippen molar-refractivity contribution in [1.82, 2.24) is 14.3 Å². The lowest BCUT2D eigenvalue weighted by atomic mass is 9.99. The Labute approximate surface area is 181 Å². The number of nitrogens with zero attached hydrogens (tertiary/aromatic N) is 4. The Kier molecular flexibility index (Phi) is 6.11. The lowest BCUT2D eigenvalue weighted by Crippen LogP contribution is -2.38. The van der Waals surface area contributed by atoms with Gasteiger partial charge < -0.3 is 9.64 Å². The quantitative estimate of drug-likeness (QED) is 0.691. The Balaban J connectivity index is 1.72. The first kappa shape index (κ1) is 21.9. The van der Waals surface area contributed by atoms with E-state index >= 15 is 0 Å². The lowest BCUT2D eigenvalue weighted by Gasteiger charge is -2.32. The first-order chi connectivity index (χ1) is 14.8. The van der Waals surface area contributed by atoms with Gasteiger partial charge >= 0.3 is 0 Å². The molecule has 0 bridgehead atoms. The molecule has 31 heavy (non-hydrogen) atoms. The van der Waals surface area contributed by atoms with E-state index in [4.69, 9.17) is 9.72 Å². The predicted molar refractivity (Wildman–Crippen MR) is 113 cm³/mol. The van der Waals surface area contributed by atoms with E-state index in [-0.39, 0.29) is 23.9 Å². The average molecular weight is 453 g/mol. The zero-order valence-corrected chi connectivity index (χ0v) is 18.5. The summed E-state index contributed by atoms with van der Waals surface area (Å²) in [5.41, 5.74) is 1.28. The SMILES string of the molecule is CCS(=O)(=O)N1CCc2nc(N3CCC(C)CC3)nc(Oc3ccc(F)c(F)c3)c2C1. The monoisotopic (exact) mass is 452 g/mol. The summed E-state index contributed by atoms with van der Waals surface area (Å²) in [4.78, 5) is 11.4. The van der Waals surface area contributed by atoms with Crippen molar-refractivity contribution < 1.29 is 21.9 Å². The molecule has 0 radical (unpaired) electrons. The molecule has 2 aliphatic rings. The van der Waals surface area contributed by atoms with Crippen molar-refractivity contribution in [3.8, 4) is 11.6 Å². The average Bonchev–Trinajstić information content (AvgIpc) is 2.76. The number of sulfonamides is 1. The normalized spacial score (nSPS) is 18.1. The first-order valence-corrected chi connectivity index (χ1v) is 12.1. The van der Waals surface area contributed by atoms with Crippen LogP contribution in [0.4, 0.5) is 14.7 Å². The minimum absolute atomic E-state index is 0.00734. The molecule has 10 heteroatoms. The standard InChI is InChI=1S/C21H26F2N4O3S/c1-3-31(28,29)27-11-8-19-16(13-27)20(30-15-4-5-17(22)18(23)12-15)25-21(24-19)26-9-6-14(2)7-10-26/h4-5,12,14H,3,6-11,13H2,1-2H3. The van der Waals surface area contributed by atoms with E-state index in [1.165, 1.54) is 10.4 Å². The topological polar surface area (TPSA) is 75.6 Å². The van der Waals surface area contributed by atoms with Crippen LogP contribution in [-0.2, 0) is 23.0 Å². The molecular formula is C21H26F2N4O3S. The van der Waals surface area contributed by atoms with Gasteiger partial charge in [-0.25, -0.2) is 22.2 Å². The number of ether oxygens (including phenoxy) is 1. The minimum atomic E-state index is -3.40. The maximum atomic E-state index is 13.7. The number of aromatic nitrogens is 2. The fourth-order valence-corrected chi connectivity index (χ4v) is 4.91.